The Bertz CT molecular complexity index is 1180. The molecule has 1 amide bonds. The molecule has 0 radical (unpaired) electrons. The van der Waals surface area contributed by atoms with Gasteiger partial charge in [-0.25, -0.2) is 4.39 Å². The molecule has 0 aliphatic rings. The lowest BCUT2D eigenvalue weighted by atomic mass is 10.1. The van der Waals surface area contributed by atoms with Gasteiger partial charge in [-0.2, -0.15) is 0 Å². The number of carbonyl (C=O) groups excluding carboxylic acids is 1. The molecule has 0 atom stereocenters. The van der Waals surface area contributed by atoms with Crippen molar-refractivity contribution in [3.8, 4) is 11.5 Å². The van der Waals surface area contributed by atoms with Crippen LogP contribution in [0.5, 0.6) is 11.5 Å². The average Bonchev–Trinajstić information content (AvgIpc) is 2.81. The first kappa shape index (κ1) is 21.6. The quantitative estimate of drug-likeness (QED) is 0.303. The standard InChI is InChI=1S/C27H21ClFNO2/c28-23-11-15-25(16-12-23)32-26-8-4-7-21(17-26)19-30(18-20-5-2-1-3-6-20)27(31)22-9-13-24(29)14-10-22/h1-17H,18-19H2. The predicted octanol–water partition coefficient (Wildman–Crippen LogP) is 7.11. The Kier molecular flexibility index (Phi) is 6.83. The fourth-order valence-electron chi connectivity index (χ4n) is 3.34. The van der Waals surface area contributed by atoms with E-state index in [-0.39, 0.29) is 11.7 Å². The van der Waals surface area contributed by atoms with Gasteiger partial charge in [-0.1, -0.05) is 54.1 Å². The van der Waals surface area contributed by atoms with Crippen molar-refractivity contribution in [3.05, 3.63) is 131 Å². The molecule has 4 aromatic carbocycles. The highest BCUT2D eigenvalue weighted by Crippen LogP contribution is 2.25. The van der Waals surface area contributed by atoms with E-state index < -0.39 is 0 Å². The van der Waals surface area contributed by atoms with Crippen LogP contribution in [-0.2, 0) is 13.1 Å². The first-order chi connectivity index (χ1) is 15.6. The van der Waals surface area contributed by atoms with Crippen molar-refractivity contribution in [1.29, 1.82) is 0 Å². The van der Waals surface area contributed by atoms with E-state index in [1.165, 1.54) is 24.3 Å². The van der Waals surface area contributed by atoms with Crippen LogP contribution in [0.25, 0.3) is 0 Å². The normalized spacial score (nSPS) is 10.6. The van der Waals surface area contributed by atoms with Crippen LogP contribution in [0.15, 0.2) is 103 Å². The summed E-state index contributed by atoms with van der Waals surface area (Å²) in [5, 5.41) is 0.641. The summed E-state index contributed by atoms with van der Waals surface area (Å²) < 4.78 is 19.3. The number of hydrogen-bond donors (Lipinski definition) is 0. The molecule has 0 spiro atoms. The zero-order valence-electron chi connectivity index (χ0n) is 17.2. The van der Waals surface area contributed by atoms with Crippen LogP contribution in [0.1, 0.15) is 21.5 Å². The topological polar surface area (TPSA) is 29.5 Å². The first-order valence-electron chi connectivity index (χ1n) is 10.2. The molecule has 0 aliphatic heterocycles. The molecule has 4 aromatic rings. The van der Waals surface area contributed by atoms with Crippen molar-refractivity contribution in [1.82, 2.24) is 4.90 Å². The molecule has 4 rings (SSSR count). The van der Waals surface area contributed by atoms with Gasteiger partial charge in [-0.3, -0.25) is 4.79 Å². The van der Waals surface area contributed by atoms with Gasteiger partial charge in [0.05, 0.1) is 0 Å². The zero-order valence-corrected chi connectivity index (χ0v) is 18.0. The third-order valence-corrected chi connectivity index (χ3v) is 5.17. The molecule has 0 bridgehead atoms. The van der Waals surface area contributed by atoms with Gasteiger partial charge in [0.2, 0.25) is 0 Å². The maximum atomic E-state index is 13.3. The number of amides is 1. The summed E-state index contributed by atoms with van der Waals surface area (Å²) >= 11 is 5.94. The second-order valence-corrected chi connectivity index (χ2v) is 7.79. The molecular weight excluding hydrogens is 425 g/mol. The molecule has 0 aliphatic carbocycles. The summed E-state index contributed by atoms with van der Waals surface area (Å²) in [5.74, 6) is 0.801. The second-order valence-electron chi connectivity index (χ2n) is 7.36. The van der Waals surface area contributed by atoms with E-state index in [0.29, 0.717) is 35.2 Å². The Hall–Kier alpha value is -3.63. The third-order valence-electron chi connectivity index (χ3n) is 4.92. The van der Waals surface area contributed by atoms with Gasteiger partial charge >= 0.3 is 0 Å². The minimum absolute atomic E-state index is 0.169. The molecule has 0 aromatic heterocycles. The number of nitrogens with zero attached hydrogens (tertiary/aromatic N) is 1. The molecule has 0 unspecified atom stereocenters. The Balaban J connectivity index is 1.56. The highest BCUT2D eigenvalue weighted by Gasteiger charge is 2.17. The van der Waals surface area contributed by atoms with Crippen LogP contribution < -0.4 is 4.74 Å². The smallest absolute Gasteiger partial charge is 0.254 e. The monoisotopic (exact) mass is 445 g/mol. The summed E-state index contributed by atoms with van der Waals surface area (Å²) in [6.07, 6.45) is 0. The first-order valence-corrected chi connectivity index (χ1v) is 10.6. The van der Waals surface area contributed by atoms with Crippen molar-refractivity contribution in [3.63, 3.8) is 0 Å². The zero-order chi connectivity index (χ0) is 22.3. The highest BCUT2D eigenvalue weighted by atomic mass is 35.5. The molecule has 0 N–H and O–H groups in total. The van der Waals surface area contributed by atoms with Gasteiger partial charge in [0.1, 0.15) is 17.3 Å². The van der Waals surface area contributed by atoms with E-state index >= 15 is 0 Å². The molecule has 0 heterocycles. The van der Waals surface area contributed by atoms with Gasteiger partial charge in [0.25, 0.3) is 5.91 Å². The van der Waals surface area contributed by atoms with Crippen LogP contribution in [0.2, 0.25) is 5.02 Å². The second kappa shape index (κ2) is 10.1. The average molecular weight is 446 g/mol. The molecule has 0 saturated carbocycles. The number of ether oxygens (including phenoxy) is 1. The largest absolute Gasteiger partial charge is 0.457 e. The highest BCUT2D eigenvalue weighted by molar-refractivity contribution is 6.30. The lowest BCUT2D eigenvalue weighted by molar-refractivity contribution is 0.0730. The number of carbonyl (C=O) groups is 1. The Morgan fingerprint density at radius 1 is 0.750 bits per heavy atom. The van der Waals surface area contributed by atoms with Crippen LogP contribution in [-0.4, -0.2) is 10.8 Å². The summed E-state index contributed by atoms with van der Waals surface area (Å²) in [5.41, 5.74) is 2.37. The SMILES string of the molecule is O=C(c1ccc(F)cc1)N(Cc1ccccc1)Cc1cccc(Oc2ccc(Cl)cc2)c1. The van der Waals surface area contributed by atoms with Crippen molar-refractivity contribution in [2.24, 2.45) is 0 Å². The fraction of sp³-hybridized carbons (Fsp3) is 0.0741. The molecule has 0 saturated heterocycles. The van der Waals surface area contributed by atoms with Crippen LogP contribution in [0.3, 0.4) is 0 Å². The molecule has 0 fully saturated rings. The van der Waals surface area contributed by atoms with Crippen molar-refractivity contribution < 1.29 is 13.9 Å². The van der Waals surface area contributed by atoms with Gasteiger partial charge in [-0.05, 0) is 71.8 Å². The fourth-order valence-corrected chi connectivity index (χ4v) is 3.47. The molecule has 160 valence electrons. The number of halogens is 2. The van der Waals surface area contributed by atoms with Gasteiger partial charge in [-0.15, -0.1) is 0 Å². The van der Waals surface area contributed by atoms with E-state index in [4.69, 9.17) is 16.3 Å². The molecule has 32 heavy (non-hydrogen) atoms. The maximum Gasteiger partial charge on any atom is 0.254 e. The van der Waals surface area contributed by atoms with E-state index in [1.807, 2.05) is 54.6 Å². The summed E-state index contributed by atoms with van der Waals surface area (Å²) in [6, 6.07) is 30.1. The van der Waals surface area contributed by atoms with Crippen molar-refractivity contribution in [2.75, 3.05) is 0 Å². The van der Waals surface area contributed by atoms with E-state index in [1.54, 1.807) is 29.2 Å². The van der Waals surface area contributed by atoms with Crippen molar-refractivity contribution >= 4 is 17.5 Å². The predicted molar refractivity (Wildman–Crippen MR) is 124 cm³/mol. The van der Waals surface area contributed by atoms with E-state index in [0.717, 1.165) is 11.1 Å². The minimum atomic E-state index is -0.372. The van der Waals surface area contributed by atoms with Crippen LogP contribution >= 0.6 is 11.6 Å². The number of rotatable bonds is 7. The molecule has 5 heteroatoms. The van der Waals surface area contributed by atoms with Gasteiger partial charge in [0, 0.05) is 23.7 Å². The summed E-state index contributed by atoms with van der Waals surface area (Å²) in [7, 11) is 0. The van der Waals surface area contributed by atoms with Gasteiger partial charge < -0.3 is 9.64 Å². The molecular formula is C27H21ClFNO2. The summed E-state index contributed by atoms with van der Waals surface area (Å²) in [6.45, 7) is 0.808. The van der Waals surface area contributed by atoms with E-state index in [2.05, 4.69) is 0 Å². The van der Waals surface area contributed by atoms with E-state index in [9.17, 15) is 9.18 Å². The Morgan fingerprint density at radius 3 is 2.12 bits per heavy atom. The Morgan fingerprint density at radius 2 is 1.41 bits per heavy atom. The number of benzene rings is 4. The Labute approximate surface area is 191 Å². The lowest BCUT2D eigenvalue weighted by Gasteiger charge is -2.23. The maximum absolute atomic E-state index is 13.3. The molecule has 3 nitrogen and oxygen atoms in total. The van der Waals surface area contributed by atoms with Crippen LogP contribution in [0, 0.1) is 5.82 Å². The number of hydrogen-bond acceptors (Lipinski definition) is 2. The van der Waals surface area contributed by atoms with Gasteiger partial charge in [0.15, 0.2) is 0 Å². The van der Waals surface area contributed by atoms with Crippen molar-refractivity contribution in [2.45, 2.75) is 13.1 Å². The lowest BCUT2D eigenvalue weighted by Crippen LogP contribution is -2.30. The minimum Gasteiger partial charge on any atom is -0.457 e. The van der Waals surface area contributed by atoms with Crippen LogP contribution in [0.4, 0.5) is 4.39 Å². The summed E-state index contributed by atoms with van der Waals surface area (Å²) in [4.78, 5) is 15.0. The third kappa shape index (κ3) is 5.74.